The Balaban J connectivity index is 1.39. The van der Waals surface area contributed by atoms with E-state index < -0.39 is 0 Å². The lowest BCUT2D eigenvalue weighted by Gasteiger charge is -2.48. The second kappa shape index (κ2) is 5.90. The molecule has 0 aliphatic carbocycles. The Labute approximate surface area is 162 Å². The minimum atomic E-state index is 0.628. The predicted molar refractivity (Wildman–Crippen MR) is 108 cm³/mol. The van der Waals surface area contributed by atoms with Crippen molar-refractivity contribution in [2.24, 2.45) is 7.05 Å². The molecule has 7 nitrogen and oxygen atoms in total. The molecule has 3 aliphatic heterocycles. The molecule has 2 atom stereocenters. The standard InChI is InChI=1S/C21H21N7/c1-26-10-16(9-24-26)15-6-19(20-4-5-23-28(20)11-15)14-2-3-21(22-8-14)27-12-17-7-18(13-27)25-17/h2-6,8-11,17-18,25H,7,12-13H2,1H3. The van der Waals surface area contributed by atoms with Crippen molar-refractivity contribution in [3.63, 3.8) is 0 Å². The van der Waals surface area contributed by atoms with Crippen LogP contribution in [0.15, 0.2) is 55.2 Å². The van der Waals surface area contributed by atoms with Gasteiger partial charge in [0.15, 0.2) is 0 Å². The lowest BCUT2D eigenvalue weighted by molar-refractivity contribution is 0.225. The fourth-order valence-electron chi connectivity index (χ4n) is 4.42. The maximum atomic E-state index is 4.78. The van der Waals surface area contributed by atoms with Crippen molar-refractivity contribution in [3.05, 3.63) is 55.2 Å². The molecule has 1 N–H and O–H groups in total. The fraction of sp³-hybridized carbons (Fsp3) is 0.286. The molecule has 3 aliphatic rings. The van der Waals surface area contributed by atoms with Gasteiger partial charge in [-0.15, -0.1) is 0 Å². The molecule has 2 bridgehead atoms. The highest BCUT2D eigenvalue weighted by Gasteiger charge is 2.36. The van der Waals surface area contributed by atoms with E-state index in [9.17, 15) is 0 Å². The number of pyridine rings is 2. The monoisotopic (exact) mass is 371 g/mol. The van der Waals surface area contributed by atoms with Crippen molar-refractivity contribution in [2.45, 2.75) is 18.5 Å². The molecule has 4 aromatic heterocycles. The van der Waals surface area contributed by atoms with Crippen LogP contribution in [0.3, 0.4) is 0 Å². The Morgan fingerprint density at radius 3 is 2.54 bits per heavy atom. The molecule has 2 unspecified atom stereocenters. The Kier molecular flexibility index (Phi) is 3.34. The van der Waals surface area contributed by atoms with Crippen molar-refractivity contribution in [1.29, 1.82) is 0 Å². The summed E-state index contributed by atoms with van der Waals surface area (Å²) in [6.07, 6.45) is 11.1. The number of aryl methyl sites for hydroxylation is 1. The van der Waals surface area contributed by atoms with Crippen LogP contribution in [0.5, 0.6) is 0 Å². The maximum absolute atomic E-state index is 4.78. The minimum Gasteiger partial charge on any atom is -0.353 e. The van der Waals surface area contributed by atoms with Crippen LogP contribution in [-0.2, 0) is 7.05 Å². The van der Waals surface area contributed by atoms with E-state index in [1.807, 2.05) is 53.3 Å². The van der Waals surface area contributed by atoms with Gasteiger partial charge in [-0.25, -0.2) is 9.50 Å². The molecule has 0 saturated carbocycles. The van der Waals surface area contributed by atoms with E-state index in [4.69, 9.17) is 4.98 Å². The average molecular weight is 371 g/mol. The quantitative estimate of drug-likeness (QED) is 0.599. The van der Waals surface area contributed by atoms with Gasteiger partial charge in [-0.05, 0) is 30.7 Å². The molecule has 7 heterocycles. The third kappa shape index (κ3) is 2.51. The molecule has 0 radical (unpaired) electrons. The number of fused-ring (bicyclic) bond motifs is 3. The summed E-state index contributed by atoms with van der Waals surface area (Å²) in [5.41, 5.74) is 5.46. The topological polar surface area (TPSA) is 63.3 Å². The van der Waals surface area contributed by atoms with Gasteiger partial charge in [-0.1, -0.05) is 0 Å². The number of nitrogens with one attached hydrogen (secondary N) is 1. The second-order valence-electron chi connectivity index (χ2n) is 7.81. The predicted octanol–water partition coefficient (Wildman–Crippen LogP) is 2.35. The SMILES string of the molecule is Cn1cc(-c2cc(-c3ccc(N4CC5CC(C4)N5)nc3)c3ccnn3c2)cn1. The Morgan fingerprint density at radius 2 is 1.82 bits per heavy atom. The molecular formula is C21H21N7. The lowest BCUT2D eigenvalue weighted by Crippen LogP contribution is -2.67. The number of anilines is 1. The zero-order valence-electron chi connectivity index (χ0n) is 15.7. The molecule has 3 saturated heterocycles. The van der Waals surface area contributed by atoms with Crippen molar-refractivity contribution < 1.29 is 0 Å². The van der Waals surface area contributed by atoms with Gasteiger partial charge in [0, 0.05) is 79.3 Å². The van der Waals surface area contributed by atoms with E-state index in [-0.39, 0.29) is 0 Å². The highest BCUT2D eigenvalue weighted by molar-refractivity contribution is 5.84. The summed E-state index contributed by atoms with van der Waals surface area (Å²) in [5.74, 6) is 1.06. The summed E-state index contributed by atoms with van der Waals surface area (Å²) in [6.45, 7) is 2.10. The average Bonchev–Trinajstić information content (AvgIpc) is 3.35. The largest absolute Gasteiger partial charge is 0.353 e. The third-order valence-corrected chi connectivity index (χ3v) is 5.85. The van der Waals surface area contributed by atoms with E-state index in [0.717, 1.165) is 46.7 Å². The number of hydrogen-bond donors (Lipinski definition) is 1. The van der Waals surface area contributed by atoms with Crippen LogP contribution in [0.2, 0.25) is 0 Å². The lowest BCUT2D eigenvalue weighted by atomic mass is 9.91. The van der Waals surface area contributed by atoms with Crippen LogP contribution >= 0.6 is 0 Å². The zero-order chi connectivity index (χ0) is 18.7. The number of aromatic nitrogens is 5. The number of piperazine rings is 1. The van der Waals surface area contributed by atoms with Gasteiger partial charge in [-0.3, -0.25) is 4.68 Å². The molecule has 0 spiro atoms. The molecule has 7 rings (SSSR count). The second-order valence-corrected chi connectivity index (χ2v) is 7.81. The molecule has 28 heavy (non-hydrogen) atoms. The van der Waals surface area contributed by atoms with E-state index in [2.05, 4.69) is 38.6 Å². The Bertz CT molecular complexity index is 1140. The number of nitrogens with zero attached hydrogens (tertiary/aromatic N) is 6. The third-order valence-electron chi connectivity index (χ3n) is 5.85. The highest BCUT2D eigenvalue weighted by Crippen LogP contribution is 2.31. The summed E-state index contributed by atoms with van der Waals surface area (Å²) >= 11 is 0. The molecule has 0 aromatic carbocycles. The van der Waals surface area contributed by atoms with Crippen LogP contribution < -0.4 is 10.2 Å². The smallest absolute Gasteiger partial charge is 0.128 e. The first kappa shape index (κ1) is 15.8. The Morgan fingerprint density at radius 1 is 0.964 bits per heavy atom. The molecule has 4 aromatic rings. The molecule has 0 amide bonds. The molecular weight excluding hydrogens is 350 g/mol. The zero-order valence-corrected chi connectivity index (χ0v) is 15.7. The van der Waals surface area contributed by atoms with Crippen molar-refractivity contribution in [2.75, 3.05) is 18.0 Å². The summed E-state index contributed by atoms with van der Waals surface area (Å²) in [4.78, 5) is 7.17. The van der Waals surface area contributed by atoms with Gasteiger partial charge in [0.05, 0.1) is 11.7 Å². The molecule has 7 heteroatoms. The number of rotatable bonds is 3. The normalized spacial score (nSPS) is 21.1. The van der Waals surface area contributed by atoms with E-state index in [1.165, 1.54) is 6.42 Å². The van der Waals surface area contributed by atoms with Gasteiger partial charge in [-0.2, -0.15) is 10.2 Å². The van der Waals surface area contributed by atoms with Crippen LogP contribution in [0, 0.1) is 0 Å². The van der Waals surface area contributed by atoms with Gasteiger partial charge in [0.25, 0.3) is 0 Å². The summed E-state index contributed by atoms with van der Waals surface area (Å²) in [6, 6.07) is 9.81. The molecule has 140 valence electrons. The van der Waals surface area contributed by atoms with Gasteiger partial charge < -0.3 is 10.2 Å². The first-order valence-corrected chi connectivity index (χ1v) is 9.67. The number of hydrogen-bond acceptors (Lipinski definition) is 5. The van der Waals surface area contributed by atoms with Crippen molar-refractivity contribution >= 4 is 11.3 Å². The van der Waals surface area contributed by atoms with Crippen LogP contribution in [0.4, 0.5) is 5.82 Å². The van der Waals surface area contributed by atoms with Crippen LogP contribution in [0.1, 0.15) is 6.42 Å². The van der Waals surface area contributed by atoms with Crippen LogP contribution in [-0.4, -0.2) is 49.6 Å². The first-order chi connectivity index (χ1) is 13.7. The first-order valence-electron chi connectivity index (χ1n) is 9.67. The summed E-state index contributed by atoms with van der Waals surface area (Å²) in [5, 5.41) is 12.3. The van der Waals surface area contributed by atoms with E-state index >= 15 is 0 Å². The fourth-order valence-corrected chi connectivity index (χ4v) is 4.42. The summed E-state index contributed by atoms with van der Waals surface area (Å²) in [7, 11) is 1.93. The number of piperidine rings is 1. The van der Waals surface area contributed by atoms with E-state index in [0.29, 0.717) is 12.1 Å². The van der Waals surface area contributed by atoms with Crippen LogP contribution in [0.25, 0.3) is 27.8 Å². The maximum Gasteiger partial charge on any atom is 0.128 e. The van der Waals surface area contributed by atoms with Gasteiger partial charge in [0.1, 0.15) is 5.82 Å². The van der Waals surface area contributed by atoms with Gasteiger partial charge >= 0.3 is 0 Å². The van der Waals surface area contributed by atoms with E-state index in [1.54, 1.807) is 0 Å². The summed E-state index contributed by atoms with van der Waals surface area (Å²) < 4.78 is 3.74. The highest BCUT2D eigenvalue weighted by atomic mass is 15.3. The van der Waals surface area contributed by atoms with Crippen molar-refractivity contribution in [1.82, 2.24) is 29.7 Å². The minimum absolute atomic E-state index is 0.628. The molecule has 3 fully saturated rings. The Hall–Kier alpha value is -3.19. The van der Waals surface area contributed by atoms with Gasteiger partial charge in [0.2, 0.25) is 0 Å². The van der Waals surface area contributed by atoms with Crippen molar-refractivity contribution in [3.8, 4) is 22.3 Å².